The Morgan fingerprint density at radius 3 is 2.38 bits per heavy atom. The first kappa shape index (κ1) is 18.4. The molecular formula is C20H20ClFN2O2. The average Bonchev–Trinajstić information content (AvgIpc) is 2.67. The van der Waals surface area contributed by atoms with Crippen LogP contribution in [0.5, 0.6) is 0 Å². The highest BCUT2D eigenvalue weighted by atomic mass is 35.5. The third-order valence-electron chi connectivity index (χ3n) is 4.66. The molecule has 1 fully saturated rings. The van der Waals surface area contributed by atoms with Gasteiger partial charge < -0.3 is 10.2 Å². The lowest BCUT2D eigenvalue weighted by Gasteiger charge is -2.32. The molecule has 1 aliphatic heterocycles. The first-order valence-electron chi connectivity index (χ1n) is 8.62. The van der Waals surface area contributed by atoms with Gasteiger partial charge in [-0.2, -0.15) is 0 Å². The highest BCUT2D eigenvalue weighted by Crippen LogP contribution is 2.20. The predicted octanol–water partition coefficient (Wildman–Crippen LogP) is 3.76. The van der Waals surface area contributed by atoms with Gasteiger partial charge in [-0.15, -0.1) is 0 Å². The number of hydrogen-bond acceptors (Lipinski definition) is 2. The fourth-order valence-corrected chi connectivity index (χ4v) is 3.21. The lowest BCUT2D eigenvalue weighted by molar-refractivity contribution is 0.0679. The SMILES string of the molecule is O=C(NCC1CCN(C(=O)c2ccccc2F)CC1)c1ccc(Cl)cc1. The third kappa shape index (κ3) is 4.41. The molecule has 6 heteroatoms. The second-order valence-corrected chi connectivity index (χ2v) is 6.87. The summed E-state index contributed by atoms with van der Waals surface area (Å²) in [7, 11) is 0. The lowest BCUT2D eigenvalue weighted by atomic mass is 9.96. The van der Waals surface area contributed by atoms with Gasteiger partial charge in [-0.05, 0) is 55.2 Å². The third-order valence-corrected chi connectivity index (χ3v) is 4.92. The quantitative estimate of drug-likeness (QED) is 0.885. The van der Waals surface area contributed by atoms with Gasteiger partial charge in [0.05, 0.1) is 5.56 Å². The number of likely N-dealkylation sites (tertiary alicyclic amines) is 1. The smallest absolute Gasteiger partial charge is 0.256 e. The van der Waals surface area contributed by atoms with E-state index in [1.165, 1.54) is 12.1 Å². The van der Waals surface area contributed by atoms with Gasteiger partial charge in [0, 0.05) is 30.2 Å². The van der Waals surface area contributed by atoms with Crippen LogP contribution in [0.4, 0.5) is 4.39 Å². The zero-order chi connectivity index (χ0) is 18.5. The molecule has 3 rings (SSSR count). The lowest BCUT2D eigenvalue weighted by Crippen LogP contribution is -2.41. The topological polar surface area (TPSA) is 49.4 Å². The molecule has 1 saturated heterocycles. The van der Waals surface area contributed by atoms with Crippen LogP contribution in [-0.4, -0.2) is 36.3 Å². The summed E-state index contributed by atoms with van der Waals surface area (Å²) in [4.78, 5) is 26.2. The summed E-state index contributed by atoms with van der Waals surface area (Å²) in [5, 5.41) is 3.52. The Balaban J connectivity index is 1.48. The number of carbonyl (C=O) groups is 2. The molecule has 0 atom stereocenters. The Morgan fingerprint density at radius 2 is 1.73 bits per heavy atom. The maximum Gasteiger partial charge on any atom is 0.256 e. The number of halogens is 2. The van der Waals surface area contributed by atoms with Gasteiger partial charge in [0.2, 0.25) is 0 Å². The van der Waals surface area contributed by atoms with Crippen molar-refractivity contribution in [2.45, 2.75) is 12.8 Å². The Bertz CT molecular complexity index is 787. The first-order valence-corrected chi connectivity index (χ1v) is 9.00. The second-order valence-electron chi connectivity index (χ2n) is 6.43. The van der Waals surface area contributed by atoms with Crippen molar-refractivity contribution in [3.63, 3.8) is 0 Å². The number of carbonyl (C=O) groups excluding carboxylic acids is 2. The van der Waals surface area contributed by atoms with Crippen LogP contribution >= 0.6 is 11.6 Å². The van der Waals surface area contributed by atoms with Crippen LogP contribution in [-0.2, 0) is 0 Å². The zero-order valence-corrected chi connectivity index (χ0v) is 15.0. The van der Waals surface area contributed by atoms with Gasteiger partial charge in [-0.1, -0.05) is 23.7 Å². The summed E-state index contributed by atoms with van der Waals surface area (Å²) < 4.78 is 13.8. The van der Waals surface area contributed by atoms with Crippen molar-refractivity contribution in [2.75, 3.05) is 19.6 Å². The molecule has 0 aromatic heterocycles. The van der Waals surface area contributed by atoms with E-state index in [2.05, 4.69) is 5.32 Å². The Kier molecular flexibility index (Phi) is 5.89. The van der Waals surface area contributed by atoms with Crippen molar-refractivity contribution in [1.29, 1.82) is 0 Å². The summed E-state index contributed by atoms with van der Waals surface area (Å²) in [5.41, 5.74) is 0.684. The van der Waals surface area contributed by atoms with Crippen LogP contribution in [0.1, 0.15) is 33.6 Å². The maximum atomic E-state index is 13.8. The minimum absolute atomic E-state index is 0.113. The number of benzene rings is 2. The molecule has 4 nitrogen and oxygen atoms in total. The summed E-state index contributed by atoms with van der Waals surface area (Å²) in [6, 6.07) is 12.8. The summed E-state index contributed by atoms with van der Waals surface area (Å²) in [6.07, 6.45) is 1.56. The van der Waals surface area contributed by atoms with Crippen molar-refractivity contribution in [1.82, 2.24) is 10.2 Å². The molecule has 0 spiro atoms. The van der Waals surface area contributed by atoms with E-state index in [0.717, 1.165) is 12.8 Å². The largest absolute Gasteiger partial charge is 0.352 e. The van der Waals surface area contributed by atoms with Crippen LogP contribution in [0.15, 0.2) is 48.5 Å². The number of nitrogens with one attached hydrogen (secondary N) is 1. The monoisotopic (exact) mass is 374 g/mol. The van der Waals surface area contributed by atoms with Gasteiger partial charge in [0.1, 0.15) is 5.82 Å². The Labute approximate surface area is 157 Å². The molecule has 0 unspecified atom stereocenters. The molecule has 2 amide bonds. The number of hydrogen-bond donors (Lipinski definition) is 1. The molecule has 2 aromatic rings. The Morgan fingerprint density at radius 1 is 1.08 bits per heavy atom. The van der Waals surface area contributed by atoms with Crippen molar-refractivity contribution >= 4 is 23.4 Å². The molecule has 136 valence electrons. The highest BCUT2D eigenvalue weighted by Gasteiger charge is 2.25. The van der Waals surface area contributed by atoms with E-state index in [4.69, 9.17) is 11.6 Å². The second kappa shape index (κ2) is 8.32. The van der Waals surface area contributed by atoms with E-state index >= 15 is 0 Å². The fraction of sp³-hybridized carbons (Fsp3) is 0.300. The molecule has 0 aliphatic carbocycles. The van der Waals surface area contributed by atoms with Gasteiger partial charge >= 0.3 is 0 Å². The minimum Gasteiger partial charge on any atom is -0.352 e. The van der Waals surface area contributed by atoms with E-state index in [1.54, 1.807) is 41.3 Å². The molecule has 0 radical (unpaired) electrons. The minimum atomic E-state index is -0.491. The van der Waals surface area contributed by atoms with Gasteiger partial charge in [0.15, 0.2) is 0 Å². The standard InChI is InChI=1S/C20H20ClFN2O2/c21-16-7-5-15(6-8-16)19(25)23-13-14-9-11-24(12-10-14)20(26)17-3-1-2-4-18(17)22/h1-8,14H,9-13H2,(H,23,25). The summed E-state index contributed by atoms with van der Waals surface area (Å²) in [5.74, 6) is -0.593. The number of piperidine rings is 1. The summed E-state index contributed by atoms with van der Waals surface area (Å²) >= 11 is 5.82. The number of nitrogens with zero attached hydrogens (tertiary/aromatic N) is 1. The van der Waals surface area contributed by atoms with Crippen LogP contribution in [0.25, 0.3) is 0 Å². The van der Waals surface area contributed by atoms with E-state index in [9.17, 15) is 14.0 Å². The molecule has 1 aliphatic rings. The van der Waals surface area contributed by atoms with Crippen molar-refractivity contribution in [3.8, 4) is 0 Å². The summed E-state index contributed by atoms with van der Waals surface area (Å²) in [6.45, 7) is 1.69. The van der Waals surface area contributed by atoms with Crippen LogP contribution in [0, 0.1) is 11.7 Å². The first-order chi connectivity index (χ1) is 12.5. The van der Waals surface area contributed by atoms with Gasteiger partial charge in [-0.3, -0.25) is 9.59 Å². The van der Waals surface area contributed by atoms with Crippen molar-refractivity contribution in [3.05, 3.63) is 70.5 Å². The molecule has 26 heavy (non-hydrogen) atoms. The zero-order valence-electron chi connectivity index (χ0n) is 14.3. The van der Waals surface area contributed by atoms with E-state index in [-0.39, 0.29) is 17.4 Å². The molecule has 1 heterocycles. The van der Waals surface area contributed by atoms with Crippen molar-refractivity contribution < 1.29 is 14.0 Å². The molecular weight excluding hydrogens is 355 g/mol. The van der Waals surface area contributed by atoms with Crippen molar-refractivity contribution in [2.24, 2.45) is 5.92 Å². The van der Waals surface area contributed by atoms with Crippen LogP contribution in [0.3, 0.4) is 0 Å². The molecule has 0 bridgehead atoms. The van der Waals surface area contributed by atoms with E-state index in [0.29, 0.717) is 36.1 Å². The maximum absolute atomic E-state index is 13.8. The van der Waals surface area contributed by atoms with Crippen LogP contribution < -0.4 is 5.32 Å². The highest BCUT2D eigenvalue weighted by molar-refractivity contribution is 6.30. The predicted molar refractivity (Wildman–Crippen MR) is 98.8 cm³/mol. The fourth-order valence-electron chi connectivity index (χ4n) is 3.09. The number of amides is 2. The van der Waals surface area contributed by atoms with Gasteiger partial charge in [0.25, 0.3) is 11.8 Å². The average molecular weight is 375 g/mol. The number of rotatable bonds is 4. The molecule has 2 aromatic carbocycles. The normalized spacial score (nSPS) is 14.9. The van der Waals surface area contributed by atoms with E-state index in [1.807, 2.05) is 0 Å². The van der Waals surface area contributed by atoms with E-state index < -0.39 is 5.82 Å². The molecule has 1 N–H and O–H groups in total. The van der Waals surface area contributed by atoms with Crippen LogP contribution in [0.2, 0.25) is 5.02 Å². The van der Waals surface area contributed by atoms with Gasteiger partial charge in [-0.25, -0.2) is 4.39 Å². The Hall–Kier alpha value is -2.40. The molecule has 0 saturated carbocycles.